The van der Waals surface area contributed by atoms with E-state index >= 15 is 0 Å². The van der Waals surface area contributed by atoms with Crippen molar-refractivity contribution in [1.82, 2.24) is 5.32 Å². The number of benzene rings is 1. The number of alkyl halides is 2. The van der Waals surface area contributed by atoms with Gasteiger partial charge in [-0.1, -0.05) is 12.1 Å². The average Bonchev–Trinajstić information content (AvgIpc) is 2.34. The van der Waals surface area contributed by atoms with Crippen molar-refractivity contribution in [2.75, 3.05) is 13.7 Å². The molecule has 0 spiro atoms. The van der Waals surface area contributed by atoms with Crippen LogP contribution in [0.3, 0.4) is 0 Å². The van der Waals surface area contributed by atoms with E-state index in [9.17, 15) is 8.78 Å². The largest absolute Gasteiger partial charge is 0.488 e. The summed E-state index contributed by atoms with van der Waals surface area (Å²) in [4.78, 5) is 0. The van der Waals surface area contributed by atoms with Crippen molar-refractivity contribution in [3.63, 3.8) is 0 Å². The van der Waals surface area contributed by atoms with E-state index in [4.69, 9.17) is 4.74 Å². The Kier molecular flexibility index (Phi) is 5.91. The Hall–Kier alpha value is -1.16. The molecule has 0 aliphatic carbocycles. The Morgan fingerprint density at radius 2 is 1.88 bits per heavy atom. The number of ether oxygens (including phenoxy) is 1. The zero-order chi connectivity index (χ0) is 12.7. The minimum atomic E-state index is -2.42. The number of nitrogens with one attached hydrogen (secondary N) is 1. The van der Waals surface area contributed by atoms with Gasteiger partial charge in [0.1, 0.15) is 12.4 Å². The highest BCUT2D eigenvalue weighted by atomic mass is 19.3. The first-order chi connectivity index (χ1) is 8.11. The summed E-state index contributed by atoms with van der Waals surface area (Å²) in [6.07, 6.45) is -0.406. The number of hydrogen-bond acceptors (Lipinski definition) is 2. The maximum atomic E-state index is 11.9. The predicted octanol–water partition coefficient (Wildman–Crippen LogP) is 2.87. The third kappa shape index (κ3) is 5.63. The monoisotopic (exact) mass is 243 g/mol. The van der Waals surface area contributed by atoms with E-state index in [0.29, 0.717) is 11.8 Å². The number of aryl methyl sites for hydroxylation is 1. The van der Waals surface area contributed by atoms with Gasteiger partial charge in [-0.05, 0) is 44.5 Å². The smallest absolute Gasteiger partial charge is 0.272 e. The molecule has 1 aromatic carbocycles. The highest BCUT2D eigenvalue weighted by molar-refractivity contribution is 5.27. The van der Waals surface area contributed by atoms with Crippen LogP contribution in [0.1, 0.15) is 18.9 Å². The van der Waals surface area contributed by atoms with Gasteiger partial charge in [-0.25, -0.2) is 8.78 Å². The summed E-state index contributed by atoms with van der Waals surface area (Å²) in [7, 11) is 1.94. The molecule has 17 heavy (non-hydrogen) atoms. The van der Waals surface area contributed by atoms with Crippen molar-refractivity contribution < 1.29 is 13.5 Å². The molecule has 0 saturated carbocycles. The Bertz CT molecular complexity index is 314. The predicted molar refractivity (Wildman–Crippen MR) is 64.8 cm³/mol. The summed E-state index contributed by atoms with van der Waals surface area (Å²) < 4.78 is 28.7. The summed E-state index contributed by atoms with van der Waals surface area (Å²) in [5.74, 6) is 0.496. The van der Waals surface area contributed by atoms with Crippen molar-refractivity contribution >= 4 is 0 Å². The molecule has 0 radical (unpaired) electrons. The normalized spacial score (nSPS) is 12.8. The van der Waals surface area contributed by atoms with Crippen LogP contribution in [0.5, 0.6) is 5.75 Å². The first-order valence-corrected chi connectivity index (χ1v) is 5.79. The Morgan fingerprint density at radius 3 is 2.41 bits per heavy atom. The fourth-order valence-electron chi connectivity index (χ4n) is 1.44. The third-order valence-corrected chi connectivity index (χ3v) is 2.66. The molecule has 0 fully saturated rings. The molecular formula is C13H19F2NO. The van der Waals surface area contributed by atoms with E-state index in [1.54, 1.807) is 12.1 Å². The first-order valence-electron chi connectivity index (χ1n) is 5.79. The van der Waals surface area contributed by atoms with Crippen molar-refractivity contribution in [1.29, 1.82) is 0 Å². The van der Waals surface area contributed by atoms with Gasteiger partial charge >= 0.3 is 0 Å². The van der Waals surface area contributed by atoms with Crippen molar-refractivity contribution in [3.8, 4) is 5.75 Å². The maximum Gasteiger partial charge on any atom is 0.272 e. The molecule has 1 aromatic rings. The first kappa shape index (κ1) is 13.9. The highest BCUT2D eigenvalue weighted by Gasteiger charge is 2.04. The van der Waals surface area contributed by atoms with E-state index in [0.717, 1.165) is 12.8 Å². The molecule has 0 bridgehead atoms. The second kappa shape index (κ2) is 7.22. The van der Waals surface area contributed by atoms with Crippen LogP contribution in [0.4, 0.5) is 8.78 Å². The molecule has 0 aliphatic heterocycles. The van der Waals surface area contributed by atoms with Gasteiger partial charge in [-0.15, -0.1) is 0 Å². The lowest BCUT2D eigenvalue weighted by molar-refractivity contribution is 0.0819. The second-order valence-corrected chi connectivity index (χ2v) is 4.07. The van der Waals surface area contributed by atoms with Crippen LogP contribution in [0.2, 0.25) is 0 Å². The van der Waals surface area contributed by atoms with Crippen molar-refractivity contribution in [3.05, 3.63) is 29.8 Å². The summed E-state index contributed by atoms with van der Waals surface area (Å²) in [5, 5.41) is 3.17. The summed E-state index contributed by atoms with van der Waals surface area (Å²) in [6.45, 7) is 1.58. The Balaban J connectivity index is 2.39. The van der Waals surface area contributed by atoms with Crippen LogP contribution in [0.15, 0.2) is 24.3 Å². The number of halogens is 2. The lowest BCUT2D eigenvalue weighted by atomic mass is 10.1. The third-order valence-electron chi connectivity index (χ3n) is 2.66. The van der Waals surface area contributed by atoms with Crippen LogP contribution >= 0.6 is 0 Å². The second-order valence-electron chi connectivity index (χ2n) is 4.07. The van der Waals surface area contributed by atoms with Crippen LogP contribution in [0.25, 0.3) is 0 Å². The fourth-order valence-corrected chi connectivity index (χ4v) is 1.44. The van der Waals surface area contributed by atoms with Gasteiger partial charge in [0, 0.05) is 6.04 Å². The molecule has 0 aromatic heterocycles. The van der Waals surface area contributed by atoms with E-state index < -0.39 is 13.0 Å². The molecule has 1 atom stereocenters. The molecule has 1 N–H and O–H groups in total. The quantitative estimate of drug-likeness (QED) is 0.795. The van der Waals surface area contributed by atoms with E-state index in [1.165, 1.54) is 5.56 Å². The summed E-state index contributed by atoms with van der Waals surface area (Å²) in [6, 6.07) is 7.79. The zero-order valence-electron chi connectivity index (χ0n) is 10.2. The van der Waals surface area contributed by atoms with Crippen LogP contribution in [-0.4, -0.2) is 26.1 Å². The van der Waals surface area contributed by atoms with Gasteiger partial charge in [0.05, 0.1) is 0 Å². The van der Waals surface area contributed by atoms with Gasteiger partial charge in [0.15, 0.2) is 0 Å². The lowest BCUT2D eigenvalue weighted by Crippen LogP contribution is -2.21. The molecule has 0 saturated heterocycles. The average molecular weight is 243 g/mol. The highest BCUT2D eigenvalue weighted by Crippen LogP contribution is 2.14. The fraction of sp³-hybridized carbons (Fsp3) is 0.538. The number of hydrogen-bond donors (Lipinski definition) is 1. The number of rotatable bonds is 7. The summed E-state index contributed by atoms with van der Waals surface area (Å²) in [5.41, 5.74) is 1.19. The van der Waals surface area contributed by atoms with Crippen molar-refractivity contribution in [2.24, 2.45) is 0 Å². The van der Waals surface area contributed by atoms with Gasteiger partial charge in [-0.2, -0.15) is 0 Å². The molecule has 0 aliphatic rings. The minimum Gasteiger partial charge on any atom is -0.488 e. The van der Waals surface area contributed by atoms with Gasteiger partial charge in [0.25, 0.3) is 6.43 Å². The topological polar surface area (TPSA) is 21.3 Å². The van der Waals surface area contributed by atoms with E-state index in [-0.39, 0.29) is 0 Å². The minimum absolute atomic E-state index is 0.477. The lowest BCUT2D eigenvalue weighted by Gasteiger charge is -2.10. The van der Waals surface area contributed by atoms with E-state index in [1.807, 2.05) is 19.2 Å². The zero-order valence-corrected chi connectivity index (χ0v) is 10.2. The molecule has 0 heterocycles. The van der Waals surface area contributed by atoms with Crippen LogP contribution < -0.4 is 10.1 Å². The maximum absolute atomic E-state index is 11.9. The van der Waals surface area contributed by atoms with Gasteiger partial charge in [0.2, 0.25) is 0 Å². The van der Waals surface area contributed by atoms with Gasteiger partial charge in [-0.3, -0.25) is 0 Å². The standard InChI is InChI=1S/C13H19F2NO/c1-10(16-2)3-4-11-5-7-12(8-6-11)17-9-13(14)15/h5-8,10,13,16H,3-4,9H2,1-2H3. The molecule has 96 valence electrons. The molecular weight excluding hydrogens is 224 g/mol. The van der Waals surface area contributed by atoms with Crippen LogP contribution in [0, 0.1) is 0 Å². The molecule has 0 amide bonds. The SMILES string of the molecule is CNC(C)CCc1ccc(OCC(F)F)cc1. The molecule has 1 unspecified atom stereocenters. The van der Waals surface area contributed by atoms with Gasteiger partial charge < -0.3 is 10.1 Å². The van der Waals surface area contributed by atoms with Crippen LogP contribution in [-0.2, 0) is 6.42 Å². The Morgan fingerprint density at radius 1 is 1.24 bits per heavy atom. The van der Waals surface area contributed by atoms with Crippen molar-refractivity contribution in [2.45, 2.75) is 32.2 Å². The molecule has 1 rings (SSSR count). The molecule has 4 heteroatoms. The summed E-state index contributed by atoms with van der Waals surface area (Å²) >= 11 is 0. The molecule has 2 nitrogen and oxygen atoms in total. The van der Waals surface area contributed by atoms with E-state index in [2.05, 4.69) is 12.2 Å². The Labute approximate surface area is 101 Å².